The number of carbonyl (C=O) groups is 5. The van der Waals surface area contributed by atoms with Gasteiger partial charge in [-0.3, -0.25) is 29.3 Å². The van der Waals surface area contributed by atoms with Gasteiger partial charge in [-0.15, -0.1) is 0 Å². The number of rotatable bonds is 10. The van der Waals surface area contributed by atoms with E-state index in [9.17, 15) is 34.2 Å². The molecule has 12 nitrogen and oxygen atoms in total. The lowest BCUT2D eigenvalue weighted by molar-refractivity contribution is -0.150. The maximum atomic E-state index is 14.6. The average molecular weight is 786 g/mol. The average Bonchev–Trinajstić information content (AvgIpc) is 3.16. The fourth-order valence-corrected chi connectivity index (χ4v) is 11.3. The van der Waals surface area contributed by atoms with Crippen molar-refractivity contribution in [1.82, 2.24) is 16.0 Å². The lowest BCUT2D eigenvalue weighted by Crippen LogP contribution is -2.60. The molecule has 0 aromatic heterocycles. The third kappa shape index (κ3) is 7.59. The summed E-state index contributed by atoms with van der Waals surface area (Å²) in [6.45, 7) is 12.9. The topological polar surface area (TPSA) is 200 Å². The van der Waals surface area contributed by atoms with Crippen LogP contribution in [0.5, 0.6) is 5.75 Å². The van der Waals surface area contributed by atoms with Gasteiger partial charge in [0.05, 0.1) is 23.5 Å². The summed E-state index contributed by atoms with van der Waals surface area (Å²) in [5.74, 6) is -2.10. The minimum absolute atomic E-state index is 0.0251. The molecule has 310 valence electrons. The SMILES string of the molecule is CC(C)[C@H](N)C(=O)N[C@@H](C)C(=O)N[C@@H](CO)C(=O)Nc1ccc2c(c1)[C@@]1(C)CCC[C@](C)(C(=O)NC(=O)[C@@]3(C)CCC[C@]4(C)c5cc(O)ccc5CC[C@@H]34)[C@@H]1CC2. The number of aliphatic hydroxyl groups excluding tert-OH is 1. The molecule has 6 rings (SSSR count). The molecule has 8 N–H and O–H groups in total. The van der Waals surface area contributed by atoms with Crippen LogP contribution in [0.25, 0.3) is 0 Å². The van der Waals surface area contributed by atoms with Crippen molar-refractivity contribution < 1.29 is 34.2 Å². The summed E-state index contributed by atoms with van der Waals surface area (Å²) in [4.78, 5) is 67.7. The minimum atomic E-state index is -1.27. The highest BCUT2D eigenvalue weighted by Crippen LogP contribution is 2.59. The number of aryl methyl sites for hydroxylation is 2. The van der Waals surface area contributed by atoms with Gasteiger partial charge < -0.3 is 31.9 Å². The molecule has 0 bridgehead atoms. The van der Waals surface area contributed by atoms with Crippen LogP contribution in [0, 0.1) is 28.6 Å². The minimum Gasteiger partial charge on any atom is -0.508 e. The fourth-order valence-electron chi connectivity index (χ4n) is 11.3. The molecule has 2 aromatic carbocycles. The number of nitrogens with two attached hydrogens (primary N) is 1. The number of imide groups is 1. The highest BCUT2D eigenvalue weighted by atomic mass is 16.3. The molecule has 4 aliphatic rings. The second-order valence-corrected chi connectivity index (χ2v) is 18.8. The molecule has 4 aliphatic carbocycles. The van der Waals surface area contributed by atoms with Crippen molar-refractivity contribution in [3.63, 3.8) is 0 Å². The first-order valence-electron chi connectivity index (χ1n) is 20.9. The maximum Gasteiger partial charge on any atom is 0.249 e. The molecule has 0 aliphatic heterocycles. The molecule has 0 saturated heterocycles. The van der Waals surface area contributed by atoms with Gasteiger partial charge in [0, 0.05) is 5.69 Å². The zero-order valence-corrected chi connectivity index (χ0v) is 34.7. The first kappa shape index (κ1) is 42.3. The molecule has 0 heterocycles. The first-order chi connectivity index (χ1) is 26.8. The summed E-state index contributed by atoms with van der Waals surface area (Å²) < 4.78 is 0. The van der Waals surface area contributed by atoms with Crippen molar-refractivity contribution in [3.8, 4) is 5.75 Å². The highest BCUT2D eigenvalue weighted by Gasteiger charge is 2.58. The zero-order valence-electron chi connectivity index (χ0n) is 34.7. The fraction of sp³-hybridized carbons (Fsp3) is 0.622. The van der Waals surface area contributed by atoms with Crippen molar-refractivity contribution in [3.05, 3.63) is 58.7 Å². The smallest absolute Gasteiger partial charge is 0.249 e. The van der Waals surface area contributed by atoms with Crippen LogP contribution >= 0.6 is 0 Å². The van der Waals surface area contributed by atoms with Gasteiger partial charge in [-0.25, -0.2) is 0 Å². The van der Waals surface area contributed by atoms with E-state index in [1.54, 1.807) is 19.9 Å². The number of phenols is 1. The van der Waals surface area contributed by atoms with Crippen molar-refractivity contribution in [1.29, 1.82) is 0 Å². The van der Waals surface area contributed by atoms with Gasteiger partial charge in [-0.05, 0) is 133 Å². The number of fused-ring (bicyclic) bond motifs is 6. The van der Waals surface area contributed by atoms with Crippen molar-refractivity contribution in [2.45, 2.75) is 142 Å². The maximum absolute atomic E-state index is 14.6. The van der Waals surface area contributed by atoms with E-state index in [1.807, 2.05) is 44.2 Å². The quantitative estimate of drug-likeness (QED) is 0.169. The molecule has 2 aromatic rings. The molecule has 0 spiro atoms. The zero-order chi connectivity index (χ0) is 41.7. The van der Waals surface area contributed by atoms with Crippen LogP contribution < -0.4 is 27.0 Å². The second-order valence-electron chi connectivity index (χ2n) is 18.8. The number of aliphatic hydroxyl groups is 1. The number of amides is 5. The second kappa shape index (κ2) is 15.8. The Labute approximate surface area is 336 Å². The first-order valence-corrected chi connectivity index (χ1v) is 20.9. The van der Waals surface area contributed by atoms with Crippen LogP contribution in [-0.2, 0) is 47.6 Å². The Kier molecular flexibility index (Phi) is 11.7. The van der Waals surface area contributed by atoms with Crippen LogP contribution in [-0.4, -0.2) is 64.5 Å². The number of nitrogens with one attached hydrogen (secondary N) is 4. The highest BCUT2D eigenvalue weighted by molar-refractivity contribution is 6.01. The number of anilines is 1. The molecule has 0 unspecified atom stereocenters. The molecule has 2 saturated carbocycles. The summed E-state index contributed by atoms with van der Waals surface area (Å²) in [6.07, 6.45) is 7.94. The van der Waals surface area contributed by atoms with Crippen molar-refractivity contribution in [2.24, 2.45) is 34.3 Å². The van der Waals surface area contributed by atoms with Crippen LogP contribution in [0.3, 0.4) is 0 Å². The van der Waals surface area contributed by atoms with Gasteiger partial charge in [0.2, 0.25) is 29.5 Å². The van der Waals surface area contributed by atoms with E-state index in [1.165, 1.54) is 12.5 Å². The van der Waals surface area contributed by atoms with Crippen LogP contribution in [0.2, 0.25) is 0 Å². The van der Waals surface area contributed by atoms with E-state index < -0.39 is 58.7 Å². The number of carbonyl (C=O) groups excluding carboxylic acids is 5. The van der Waals surface area contributed by atoms with Crippen molar-refractivity contribution >= 4 is 35.2 Å². The number of hydrogen-bond acceptors (Lipinski definition) is 8. The number of hydrogen-bond donors (Lipinski definition) is 7. The van der Waals surface area contributed by atoms with Crippen LogP contribution in [0.4, 0.5) is 5.69 Å². The Morgan fingerprint density at radius 3 is 1.79 bits per heavy atom. The summed E-state index contributed by atoms with van der Waals surface area (Å²) in [6, 6.07) is 8.32. The number of benzene rings is 2. The molecule has 0 radical (unpaired) electrons. The van der Waals surface area contributed by atoms with Gasteiger partial charge in [-0.2, -0.15) is 0 Å². The Morgan fingerprint density at radius 2 is 1.26 bits per heavy atom. The molecule has 57 heavy (non-hydrogen) atoms. The Morgan fingerprint density at radius 1 is 0.737 bits per heavy atom. The van der Waals surface area contributed by atoms with E-state index in [4.69, 9.17) is 5.73 Å². The summed E-state index contributed by atoms with van der Waals surface area (Å²) in [7, 11) is 0. The van der Waals surface area contributed by atoms with Gasteiger partial charge in [-0.1, -0.05) is 66.5 Å². The Balaban J connectivity index is 1.16. The van der Waals surface area contributed by atoms with Gasteiger partial charge in [0.15, 0.2) is 0 Å². The lowest BCUT2D eigenvalue weighted by atomic mass is 9.49. The summed E-state index contributed by atoms with van der Waals surface area (Å²) >= 11 is 0. The Bertz CT molecular complexity index is 1930. The predicted molar refractivity (Wildman–Crippen MR) is 218 cm³/mol. The van der Waals surface area contributed by atoms with E-state index in [0.29, 0.717) is 18.5 Å². The number of aromatic hydroxyl groups is 1. The van der Waals surface area contributed by atoms with E-state index >= 15 is 0 Å². The van der Waals surface area contributed by atoms with Gasteiger partial charge >= 0.3 is 0 Å². The number of phenolic OH excluding ortho intramolecular Hbond substituents is 1. The third-order valence-corrected chi connectivity index (χ3v) is 14.8. The standard InChI is InChI=1S/C45H63N5O7/c1-25(2)36(46)39(55)47-26(3)37(53)49-33(24-51)38(54)48-29-14-10-27-12-16-34-42(4,31(27)22-29)18-8-20-44(34,6)40(56)50-41(57)45(7)21-9-19-43(5)32-23-30(52)15-11-28(32)13-17-35(43)45/h10-11,14-15,22-23,25-26,33-36,51-52H,8-9,12-13,16-21,24,46H2,1-7H3,(H,47,55)(H,48,54)(H,49,53)(H,50,56,57)/t26-,33-,34+,35+,36-,42+,43+,44-,45-/m0/s1. The molecule has 2 fully saturated rings. The van der Waals surface area contributed by atoms with E-state index in [0.717, 1.165) is 68.1 Å². The summed E-state index contributed by atoms with van der Waals surface area (Å²) in [5, 5.41) is 31.4. The van der Waals surface area contributed by atoms with E-state index in [-0.39, 0.29) is 40.7 Å². The Hall–Kier alpha value is -4.29. The molecular weight excluding hydrogens is 723 g/mol. The van der Waals surface area contributed by atoms with Crippen LogP contribution in [0.1, 0.15) is 122 Å². The largest absolute Gasteiger partial charge is 0.508 e. The van der Waals surface area contributed by atoms with E-state index in [2.05, 4.69) is 35.1 Å². The monoisotopic (exact) mass is 785 g/mol. The van der Waals surface area contributed by atoms with Crippen molar-refractivity contribution in [2.75, 3.05) is 11.9 Å². The van der Waals surface area contributed by atoms with Gasteiger partial charge in [0.25, 0.3) is 0 Å². The normalized spacial score (nSPS) is 30.6. The third-order valence-electron chi connectivity index (χ3n) is 14.8. The van der Waals surface area contributed by atoms with Crippen LogP contribution in [0.15, 0.2) is 36.4 Å². The molecular formula is C45H63N5O7. The predicted octanol–water partition coefficient (Wildman–Crippen LogP) is 4.66. The van der Waals surface area contributed by atoms with Gasteiger partial charge in [0.1, 0.15) is 17.8 Å². The molecule has 5 amide bonds. The molecule has 9 atom stereocenters. The lowest BCUT2D eigenvalue weighted by Gasteiger charge is -2.56. The molecule has 12 heteroatoms. The summed E-state index contributed by atoms with van der Waals surface area (Å²) in [5.41, 5.74) is 8.68.